The number of nitrogens with zero attached hydrogens (tertiary/aromatic N) is 1. The summed E-state index contributed by atoms with van der Waals surface area (Å²) in [5.41, 5.74) is 2.70. The minimum absolute atomic E-state index is 0.0839. The maximum absolute atomic E-state index is 7.73. The predicted octanol–water partition coefficient (Wildman–Crippen LogP) is 4.06. The second-order valence-corrected chi connectivity index (χ2v) is 6.91. The molecule has 0 bridgehead atoms. The standard InChI is InChI=1S/C12H23IN2/c1-8(9(2)13)11(12(4,5)6)15(7)10(3)14/h9,14H,1-7H3/b11-8+,14-10?. The number of halogens is 1. The molecule has 0 aliphatic heterocycles. The van der Waals surface area contributed by atoms with E-state index in [9.17, 15) is 0 Å². The first-order valence-corrected chi connectivity index (χ1v) is 6.47. The van der Waals surface area contributed by atoms with Gasteiger partial charge in [-0.1, -0.05) is 43.4 Å². The number of alkyl halides is 1. The topological polar surface area (TPSA) is 27.1 Å². The zero-order chi connectivity index (χ0) is 12.4. The Kier molecular flexibility index (Phi) is 5.30. The number of nitrogens with one attached hydrogen (secondary N) is 1. The second kappa shape index (κ2) is 5.32. The Morgan fingerprint density at radius 1 is 1.27 bits per heavy atom. The first-order valence-electron chi connectivity index (χ1n) is 5.23. The van der Waals surface area contributed by atoms with Gasteiger partial charge >= 0.3 is 0 Å². The fourth-order valence-electron chi connectivity index (χ4n) is 1.72. The van der Waals surface area contributed by atoms with E-state index in [1.807, 2.05) is 18.9 Å². The van der Waals surface area contributed by atoms with Gasteiger partial charge in [0.1, 0.15) is 0 Å². The van der Waals surface area contributed by atoms with Crippen LogP contribution in [-0.4, -0.2) is 21.7 Å². The van der Waals surface area contributed by atoms with Crippen molar-refractivity contribution in [1.29, 1.82) is 5.41 Å². The van der Waals surface area contributed by atoms with Gasteiger partial charge in [-0.2, -0.15) is 0 Å². The molecule has 3 heteroatoms. The van der Waals surface area contributed by atoms with Gasteiger partial charge in [-0.3, -0.25) is 5.41 Å². The molecular formula is C12H23IN2. The van der Waals surface area contributed by atoms with Crippen LogP contribution in [0.5, 0.6) is 0 Å². The van der Waals surface area contributed by atoms with Gasteiger partial charge in [0.25, 0.3) is 0 Å². The summed E-state index contributed by atoms with van der Waals surface area (Å²) in [5, 5.41) is 7.73. The lowest BCUT2D eigenvalue weighted by molar-refractivity contribution is 0.387. The second-order valence-electron chi connectivity index (χ2n) is 5.04. The van der Waals surface area contributed by atoms with Crippen molar-refractivity contribution in [1.82, 2.24) is 4.90 Å². The number of rotatable bonds is 2. The van der Waals surface area contributed by atoms with Gasteiger partial charge in [-0.25, -0.2) is 0 Å². The van der Waals surface area contributed by atoms with E-state index in [1.165, 1.54) is 11.3 Å². The van der Waals surface area contributed by atoms with E-state index < -0.39 is 0 Å². The summed E-state index contributed by atoms with van der Waals surface area (Å²) in [6.07, 6.45) is 0. The molecule has 0 heterocycles. The molecule has 0 aromatic carbocycles. The molecule has 0 saturated heterocycles. The number of hydrogen-bond donors (Lipinski definition) is 1. The lowest BCUT2D eigenvalue weighted by atomic mass is 9.87. The molecule has 88 valence electrons. The Labute approximate surface area is 108 Å². The van der Waals surface area contributed by atoms with Crippen LogP contribution in [0.2, 0.25) is 0 Å². The molecular weight excluding hydrogens is 299 g/mol. The highest BCUT2D eigenvalue weighted by atomic mass is 127. The summed E-state index contributed by atoms with van der Waals surface area (Å²) in [6, 6.07) is 0. The maximum atomic E-state index is 7.73. The summed E-state index contributed by atoms with van der Waals surface area (Å²) in [4.78, 5) is 1.99. The van der Waals surface area contributed by atoms with Crippen molar-refractivity contribution in [2.24, 2.45) is 5.41 Å². The number of allylic oxidation sites excluding steroid dienone is 2. The fraction of sp³-hybridized carbons (Fsp3) is 0.750. The molecule has 0 radical (unpaired) electrons. The lowest BCUT2D eigenvalue weighted by Gasteiger charge is -2.34. The third-order valence-corrected chi connectivity index (χ3v) is 3.45. The van der Waals surface area contributed by atoms with Gasteiger partial charge in [0.05, 0.1) is 5.84 Å². The quantitative estimate of drug-likeness (QED) is 0.353. The Bertz CT molecular complexity index is 272. The van der Waals surface area contributed by atoms with E-state index in [4.69, 9.17) is 5.41 Å². The van der Waals surface area contributed by atoms with Crippen LogP contribution < -0.4 is 0 Å². The van der Waals surface area contributed by atoms with Gasteiger partial charge in [0.15, 0.2) is 0 Å². The van der Waals surface area contributed by atoms with Crippen LogP contribution >= 0.6 is 22.6 Å². The minimum Gasteiger partial charge on any atom is -0.337 e. The highest BCUT2D eigenvalue weighted by Crippen LogP contribution is 2.33. The van der Waals surface area contributed by atoms with Crippen molar-refractivity contribution in [2.45, 2.75) is 45.5 Å². The summed E-state index contributed by atoms with van der Waals surface area (Å²) in [7, 11) is 1.98. The molecule has 1 N–H and O–H groups in total. The van der Waals surface area contributed by atoms with E-state index in [0.29, 0.717) is 9.76 Å². The average Bonchev–Trinajstić information content (AvgIpc) is 2.01. The first kappa shape index (κ1) is 14.9. The molecule has 15 heavy (non-hydrogen) atoms. The van der Waals surface area contributed by atoms with Crippen molar-refractivity contribution in [3.63, 3.8) is 0 Å². The smallest absolute Gasteiger partial charge is 0.0965 e. The van der Waals surface area contributed by atoms with Crippen molar-refractivity contribution in [2.75, 3.05) is 7.05 Å². The van der Waals surface area contributed by atoms with Crippen LogP contribution in [0, 0.1) is 10.8 Å². The molecule has 2 nitrogen and oxygen atoms in total. The van der Waals surface area contributed by atoms with Crippen LogP contribution in [0.1, 0.15) is 41.5 Å². The van der Waals surface area contributed by atoms with Gasteiger partial charge in [0, 0.05) is 22.1 Å². The van der Waals surface area contributed by atoms with Crippen molar-refractivity contribution in [3.05, 3.63) is 11.3 Å². The largest absolute Gasteiger partial charge is 0.337 e. The number of hydrogen-bond acceptors (Lipinski definition) is 1. The summed E-state index contributed by atoms with van der Waals surface area (Å²) in [5.74, 6) is 0.594. The van der Waals surface area contributed by atoms with E-state index in [0.717, 1.165) is 0 Å². The molecule has 1 unspecified atom stereocenters. The molecule has 0 fully saturated rings. The number of amidine groups is 1. The highest BCUT2D eigenvalue weighted by molar-refractivity contribution is 14.1. The van der Waals surface area contributed by atoms with E-state index in [1.54, 1.807) is 0 Å². The van der Waals surface area contributed by atoms with Gasteiger partial charge in [-0.05, 0) is 26.3 Å². The molecule has 0 aliphatic carbocycles. The van der Waals surface area contributed by atoms with Gasteiger partial charge < -0.3 is 4.90 Å². The highest BCUT2D eigenvalue weighted by Gasteiger charge is 2.25. The van der Waals surface area contributed by atoms with Gasteiger partial charge in [0.2, 0.25) is 0 Å². The molecule has 0 rings (SSSR count). The predicted molar refractivity (Wildman–Crippen MR) is 76.8 cm³/mol. The Balaban J connectivity index is 5.45. The third-order valence-electron chi connectivity index (χ3n) is 2.52. The zero-order valence-electron chi connectivity index (χ0n) is 10.9. The molecule has 0 aromatic heterocycles. The Morgan fingerprint density at radius 3 is 1.87 bits per heavy atom. The van der Waals surface area contributed by atoms with Gasteiger partial charge in [-0.15, -0.1) is 0 Å². The Hall–Kier alpha value is -0.0600. The third kappa shape index (κ3) is 4.13. The van der Waals surface area contributed by atoms with E-state index in [2.05, 4.69) is 57.2 Å². The maximum Gasteiger partial charge on any atom is 0.0965 e. The SMILES string of the molecule is CC(=N)N(C)/C(=C(\C)C(C)I)C(C)(C)C. The van der Waals surface area contributed by atoms with Crippen molar-refractivity contribution in [3.8, 4) is 0 Å². The normalized spacial score (nSPS) is 15.7. The molecule has 1 atom stereocenters. The minimum atomic E-state index is 0.0839. The zero-order valence-corrected chi connectivity index (χ0v) is 13.1. The average molecular weight is 322 g/mol. The molecule has 0 aromatic rings. The molecule has 0 amide bonds. The van der Waals surface area contributed by atoms with Crippen LogP contribution in [0.25, 0.3) is 0 Å². The molecule has 0 aliphatic rings. The lowest BCUT2D eigenvalue weighted by Crippen LogP contribution is -2.32. The van der Waals surface area contributed by atoms with E-state index >= 15 is 0 Å². The van der Waals surface area contributed by atoms with E-state index in [-0.39, 0.29) is 5.41 Å². The summed E-state index contributed by atoms with van der Waals surface area (Å²) >= 11 is 2.43. The van der Waals surface area contributed by atoms with Crippen molar-refractivity contribution < 1.29 is 0 Å². The monoisotopic (exact) mass is 322 g/mol. The van der Waals surface area contributed by atoms with Crippen LogP contribution in [0.3, 0.4) is 0 Å². The first-order chi connectivity index (χ1) is 6.59. The van der Waals surface area contributed by atoms with Crippen LogP contribution in [-0.2, 0) is 0 Å². The summed E-state index contributed by atoms with van der Waals surface area (Å²) < 4.78 is 0.499. The van der Waals surface area contributed by atoms with Crippen LogP contribution in [0.4, 0.5) is 0 Å². The Morgan fingerprint density at radius 2 is 1.67 bits per heavy atom. The van der Waals surface area contributed by atoms with Crippen molar-refractivity contribution >= 4 is 28.4 Å². The summed E-state index contributed by atoms with van der Waals surface area (Å²) in [6.45, 7) is 12.8. The molecule has 0 saturated carbocycles. The van der Waals surface area contributed by atoms with Crippen LogP contribution in [0.15, 0.2) is 11.3 Å². The molecule has 0 spiro atoms. The fourth-order valence-corrected chi connectivity index (χ4v) is 2.01.